The Morgan fingerprint density at radius 3 is 3.29 bits per heavy atom. The summed E-state index contributed by atoms with van der Waals surface area (Å²) < 4.78 is 12.1. The van der Waals surface area contributed by atoms with Gasteiger partial charge in [0.2, 0.25) is 0 Å². The maximum absolute atomic E-state index is 11.6. The highest BCUT2D eigenvalue weighted by Crippen LogP contribution is 2.36. The Morgan fingerprint density at radius 1 is 1.76 bits per heavy atom. The first-order chi connectivity index (χ1) is 8.20. The van der Waals surface area contributed by atoms with Gasteiger partial charge in [0.1, 0.15) is 16.6 Å². The second-order valence-electron chi connectivity index (χ2n) is 3.68. The lowest BCUT2D eigenvalue weighted by molar-refractivity contribution is 0.0924. The van der Waals surface area contributed by atoms with E-state index in [1.54, 1.807) is 35.7 Å². The molecule has 1 saturated heterocycles. The zero-order valence-electron chi connectivity index (χ0n) is 9.54. The van der Waals surface area contributed by atoms with Crippen LogP contribution >= 0.6 is 11.8 Å². The average molecular weight is 257 g/mol. The Labute approximate surface area is 103 Å². The number of aromatic nitrogens is 2. The van der Waals surface area contributed by atoms with Crippen molar-refractivity contribution in [3.8, 4) is 0 Å². The molecule has 0 amide bonds. The van der Waals surface area contributed by atoms with Crippen molar-refractivity contribution < 1.29 is 9.47 Å². The second-order valence-corrected chi connectivity index (χ2v) is 5.02. The minimum Gasteiger partial charge on any atom is -0.385 e. The molecule has 2 atom stereocenters. The molecule has 94 valence electrons. The van der Waals surface area contributed by atoms with Crippen LogP contribution in [0.1, 0.15) is 11.8 Å². The quantitative estimate of drug-likeness (QED) is 0.843. The van der Waals surface area contributed by atoms with Crippen molar-refractivity contribution >= 4 is 17.6 Å². The van der Waals surface area contributed by atoms with Crippen LogP contribution < -0.4 is 11.4 Å². The molecule has 0 aromatic carbocycles. The SMILES string of the molecule is COCCC1OCC(n2ccc(N)nc2=O)S1. The van der Waals surface area contributed by atoms with E-state index in [-0.39, 0.29) is 22.3 Å². The van der Waals surface area contributed by atoms with E-state index in [0.29, 0.717) is 13.2 Å². The lowest BCUT2D eigenvalue weighted by Crippen LogP contribution is -2.26. The number of anilines is 1. The van der Waals surface area contributed by atoms with Crippen molar-refractivity contribution in [2.75, 3.05) is 26.1 Å². The molecule has 1 aliphatic heterocycles. The molecule has 0 bridgehead atoms. The van der Waals surface area contributed by atoms with Gasteiger partial charge in [-0.3, -0.25) is 4.57 Å². The van der Waals surface area contributed by atoms with Crippen LogP contribution in [-0.4, -0.2) is 35.3 Å². The Bertz CT molecular complexity index is 437. The normalized spacial score (nSPS) is 24.1. The first kappa shape index (κ1) is 12.4. The van der Waals surface area contributed by atoms with Gasteiger partial charge in [0.05, 0.1) is 6.61 Å². The van der Waals surface area contributed by atoms with Gasteiger partial charge in [0.15, 0.2) is 0 Å². The van der Waals surface area contributed by atoms with E-state index < -0.39 is 0 Å². The Balaban J connectivity index is 2.02. The summed E-state index contributed by atoms with van der Waals surface area (Å²) in [7, 11) is 1.66. The van der Waals surface area contributed by atoms with E-state index in [2.05, 4.69) is 4.98 Å². The van der Waals surface area contributed by atoms with Crippen molar-refractivity contribution in [1.82, 2.24) is 9.55 Å². The Hall–Kier alpha value is -1.05. The number of nitrogen functional groups attached to an aromatic ring is 1. The summed E-state index contributed by atoms with van der Waals surface area (Å²) in [5.41, 5.74) is 5.18. The van der Waals surface area contributed by atoms with Gasteiger partial charge in [-0.15, -0.1) is 11.8 Å². The van der Waals surface area contributed by atoms with Crippen molar-refractivity contribution in [3.05, 3.63) is 22.7 Å². The van der Waals surface area contributed by atoms with Crippen LogP contribution in [0.25, 0.3) is 0 Å². The third kappa shape index (κ3) is 2.99. The van der Waals surface area contributed by atoms with Gasteiger partial charge in [0.25, 0.3) is 0 Å². The molecule has 1 aliphatic rings. The van der Waals surface area contributed by atoms with Gasteiger partial charge in [-0.25, -0.2) is 4.79 Å². The minimum absolute atomic E-state index is 0.0301. The fraction of sp³-hybridized carbons (Fsp3) is 0.600. The average Bonchev–Trinajstić information content (AvgIpc) is 2.75. The van der Waals surface area contributed by atoms with Crippen molar-refractivity contribution in [2.45, 2.75) is 17.2 Å². The number of thioether (sulfide) groups is 1. The highest BCUT2D eigenvalue weighted by Gasteiger charge is 2.27. The molecular weight excluding hydrogens is 242 g/mol. The molecule has 0 spiro atoms. The molecule has 1 fully saturated rings. The number of methoxy groups -OCH3 is 1. The third-order valence-electron chi connectivity index (χ3n) is 2.45. The van der Waals surface area contributed by atoms with E-state index in [4.69, 9.17) is 15.2 Å². The molecule has 2 heterocycles. The van der Waals surface area contributed by atoms with Gasteiger partial charge in [-0.1, -0.05) is 0 Å². The predicted octanol–water partition coefficient (Wildman–Crippen LogP) is 0.450. The topological polar surface area (TPSA) is 79.4 Å². The van der Waals surface area contributed by atoms with Crippen molar-refractivity contribution in [3.63, 3.8) is 0 Å². The lowest BCUT2D eigenvalue weighted by Gasteiger charge is -2.11. The molecule has 2 unspecified atom stereocenters. The smallest absolute Gasteiger partial charge is 0.350 e. The van der Waals surface area contributed by atoms with Gasteiger partial charge in [-0.2, -0.15) is 4.98 Å². The molecule has 0 aliphatic carbocycles. The van der Waals surface area contributed by atoms with Gasteiger partial charge < -0.3 is 15.2 Å². The summed E-state index contributed by atoms with van der Waals surface area (Å²) in [5, 5.41) is -0.0301. The molecule has 2 N–H and O–H groups in total. The van der Waals surface area contributed by atoms with E-state index in [0.717, 1.165) is 6.42 Å². The van der Waals surface area contributed by atoms with E-state index in [9.17, 15) is 4.79 Å². The zero-order valence-corrected chi connectivity index (χ0v) is 10.4. The van der Waals surface area contributed by atoms with Crippen LogP contribution in [0.5, 0.6) is 0 Å². The van der Waals surface area contributed by atoms with Gasteiger partial charge >= 0.3 is 5.69 Å². The standard InChI is InChI=1S/C10H15N3O3S/c1-15-5-3-9-16-6-8(17-9)13-4-2-7(11)12-10(13)14/h2,4,8-9H,3,5-6H2,1H3,(H2,11,12,14). The second kappa shape index (κ2) is 5.52. The van der Waals surface area contributed by atoms with Crippen molar-refractivity contribution in [2.24, 2.45) is 0 Å². The monoisotopic (exact) mass is 257 g/mol. The maximum atomic E-state index is 11.6. The van der Waals surface area contributed by atoms with Crippen LogP contribution in [0, 0.1) is 0 Å². The zero-order chi connectivity index (χ0) is 12.3. The molecule has 0 radical (unpaired) electrons. The number of ether oxygens (including phenoxy) is 2. The molecule has 7 heteroatoms. The number of nitrogens with two attached hydrogens (primary N) is 1. The predicted molar refractivity (Wildman–Crippen MR) is 65.8 cm³/mol. The summed E-state index contributed by atoms with van der Waals surface area (Å²) >= 11 is 1.60. The van der Waals surface area contributed by atoms with Crippen LogP contribution in [0.3, 0.4) is 0 Å². The summed E-state index contributed by atoms with van der Waals surface area (Å²) in [4.78, 5) is 15.3. The number of hydrogen-bond acceptors (Lipinski definition) is 6. The Morgan fingerprint density at radius 2 is 2.59 bits per heavy atom. The molecular formula is C10H15N3O3S. The van der Waals surface area contributed by atoms with E-state index in [1.165, 1.54) is 0 Å². The van der Waals surface area contributed by atoms with Gasteiger partial charge in [0, 0.05) is 26.3 Å². The maximum Gasteiger partial charge on any atom is 0.350 e. The molecule has 1 aromatic heterocycles. The first-order valence-electron chi connectivity index (χ1n) is 5.31. The van der Waals surface area contributed by atoms with Crippen LogP contribution in [-0.2, 0) is 9.47 Å². The highest BCUT2D eigenvalue weighted by molar-refractivity contribution is 8.00. The Kier molecular flexibility index (Phi) is 4.03. The lowest BCUT2D eigenvalue weighted by atomic mass is 10.5. The highest BCUT2D eigenvalue weighted by atomic mass is 32.2. The minimum atomic E-state index is -0.335. The fourth-order valence-corrected chi connectivity index (χ4v) is 2.79. The summed E-state index contributed by atoms with van der Waals surface area (Å²) in [6.07, 6.45) is 2.47. The van der Waals surface area contributed by atoms with Crippen LogP contribution in [0.4, 0.5) is 5.82 Å². The number of hydrogen-bond donors (Lipinski definition) is 1. The molecule has 1 aromatic rings. The number of nitrogens with zero attached hydrogens (tertiary/aromatic N) is 2. The third-order valence-corrected chi connectivity index (χ3v) is 3.81. The van der Waals surface area contributed by atoms with Crippen molar-refractivity contribution in [1.29, 1.82) is 0 Å². The summed E-state index contributed by atoms with van der Waals surface area (Å²) in [6.45, 7) is 1.16. The summed E-state index contributed by atoms with van der Waals surface area (Å²) in [6, 6.07) is 1.62. The van der Waals surface area contributed by atoms with E-state index in [1.807, 2.05) is 0 Å². The molecule has 0 saturated carbocycles. The van der Waals surface area contributed by atoms with Crippen LogP contribution in [0.15, 0.2) is 17.1 Å². The van der Waals surface area contributed by atoms with Crippen LogP contribution in [0.2, 0.25) is 0 Å². The molecule has 6 nitrogen and oxygen atoms in total. The molecule has 2 rings (SSSR count). The summed E-state index contributed by atoms with van der Waals surface area (Å²) in [5.74, 6) is 0.242. The fourth-order valence-electron chi connectivity index (χ4n) is 1.60. The van der Waals surface area contributed by atoms with E-state index >= 15 is 0 Å². The number of rotatable bonds is 4. The first-order valence-corrected chi connectivity index (χ1v) is 6.25. The molecule has 17 heavy (non-hydrogen) atoms. The van der Waals surface area contributed by atoms with Gasteiger partial charge in [-0.05, 0) is 6.07 Å². The largest absolute Gasteiger partial charge is 0.385 e.